The predicted molar refractivity (Wildman–Crippen MR) is 82.4 cm³/mol. The standard InChI is InChI=1S/C16H16BrFN2O/c1-19-10-12(17)8-15(19)16(21)20(14-6-7-14)9-11-2-4-13(18)5-3-11/h2-5,8,10,14H,6-7,9H2,1H3. The third-order valence-corrected chi connectivity index (χ3v) is 4.14. The first kappa shape index (κ1) is 14.3. The van der Waals surface area contributed by atoms with Gasteiger partial charge in [-0.15, -0.1) is 0 Å². The zero-order valence-electron chi connectivity index (χ0n) is 11.7. The average Bonchev–Trinajstić information content (AvgIpc) is 3.22. The fourth-order valence-electron chi connectivity index (χ4n) is 2.42. The van der Waals surface area contributed by atoms with Crippen LogP contribution >= 0.6 is 15.9 Å². The van der Waals surface area contributed by atoms with Crippen molar-refractivity contribution in [3.05, 3.63) is 58.1 Å². The topological polar surface area (TPSA) is 25.2 Å². The summed E-state index contributed by atoms with van der Waals surface area (Å²) in [5.74, 6) is -0.232. The highest BCUT2D eigenvalue weighted by atomic mass is 79.9. The van der Waals surface area contributed by atoms with E-state index < -0.39 is 0 Å². The van der Waals surface area contributed by atoms with E-state index in [0.29, 0.717) is 18.3 Å². The molecule has 1 fully saturated rings. The highest BCUT2D eigenvalue weighted by molar-refractivity contribution is 9.10. The molecule has 1 saturated carbocycles. The van der Waals surface area contributed by atoms with E-state index in [1.807, 2.05) is 28.8 Å². The first-order valence-corrected chi connectivity index (χ1v) is 7.71. The maximum absolute atomic E-state index is 13.0. The van der Waals surface area contributed by atoms with Gasteiger partial charge in [-0.3, -0.25) is 4.79 Å². The second kappa shape index (κ2) is 5.64. The minimum Gasteiger partial charge on any atom is -0.345 e. The Morgan fingerprint density at radius 2 is 2.05 bits per heavy atom. The van der Waals surface area contributed by atoms with Crippen LogP contribution in [0, 0.1) is 5.82 Å². The Hall–Kier alpha value is -1.62. The largest absolute Gasteiger partial charge is 0.345 e. The van der Waals surface area contributed by atoms with Crippen LogP contribution in [0.4, 0.5) is 4.39 Å². The number of carbonyl (C=O) groups excluding carboxylic acids is 1. The molecule has 5 heteroatoms. The Bertz CT molecular complexity index is 661. The molecule has 110 valence electrons. The molecule has 0 unspecified atom stereocenters. The van der Waals surface area contributed by atoms with Crippen molar-refractivity contribution in [2.24, 2.45) is 7.05 Å². The number of aromatic nitrogens is 1. The molecule has 1 aromatic heterocycles. The molecular formula is C16H16BrFN2O. The summed E-state index contributed by atoms with van der Waals surface area (Å²) in [7, 11) is 1.86. The predicted octanol–water partition coefficient (Wildman–Crippen LogP) is 3.73. The summed E-state index contributed by atoms with van der Waals surface area (Å²) in [5.41, 5.74) is 1.61. The number of nitrogens with zero attached hydrogens (tertiary/aromatic N) is 2. The van der Waals surface area contributed by atoms with Gasteiger partial charge in [-0.2, -0.15) is 0 Å². The summed E-state index contributed by atoms with van der Waals surface area (Å²) < 4.78 is 15.7. The van der Waals surface area contributed by atoms with Crippen molar-refractivity contribution in [2.75, 3.05) is 0 Å². The quantitative estimate of drug-likeness (QED) is 0.824. The van der Waals surface area contributed by atoms with Crippen molar-refractivity contribution in [1.29, 1.82) is 0 Å². The van der Waals surface area contributed by atoms with E-state index in [0.717, 1.165) is 22.9 Å². The second-order valence-corrected chi connectivity index (χ2v) is 6.36. The molecule has 0 radical (unpaired) electrons. The third kappa shape index (κ3) is 3.18. The van der Waals surface area contributed by atoms with Crippen LogP contribution in [0.1, 0.15) is 28.9 Å². The number of benzene rings is 1. The Kier molecular flexibility index (Phi) is 3.85. The Balaban J connectivity index is 1.83. The molecule has 1 amide bonds. The Labute approximate surface area is 131 Å². The molecule has 0 aliphatic heterocycles. The van der Waals surface area contributed by atoms with E-state index in [2.05, 4.69) is 15.9 Å². The first-order valence-electron chi connectivity index (χ1n) is 6.92. The van der Waals surface area contributed by atoms with Crippen molar-refractivity contribution in [3.63, 3.8) is 0 Å². The van der Waals surface area contributed by atoms with E-state index in [-0.39, 0.29) is 11.7 Å². The number of hydrogen-bond acceptors (Lipinski definition) is 1. The van der Waals surface area contributed by atoms with Gasteiger partial charge in [-0.25, -0.2) is 4.39 Å². The number of carbonyl (C=O) groups is 1. The molecule has 0 saturated heterocycles. The van der Waals surface area contributed by atoms with Gasteiger partial charge >= 0.3 is 0 Å². The molecule has 1 aliphatic carbocycles. The van der Waals surface area contributed by atoms with Gasteiger partial charge in [-0.1, -0.05) is 12.1 Å². The number of aryl methyl sites for hydroxylation is 1. The van der Waals surface area contributed by atoms with Gasteiger partial charge < -0.3 is 9.47 Å². The van der Waals surface area contributed by atoms with Crippen LogP contribution in [0.5, 0.6) is 0 Å². The van der Waals surface area contributed by atoms with Crippen LogP contribution in [-0.4, -0.2) is 21.4 Å². The fraction of sp³-hybridized carbons (Fsp3) is 0.312. The number of amides is 1. The lowest BCUT2D eigenvalue weighted by atomic mass is 10.2. The van der Waals surface area contributed by atoms with Crippen molar-refractivity contribution in [2.45, 2.75) is 25.4 Å². The summed E-state index contributed by atoms with van der Waals surface area (Å²) in [6.45, 7) is 0.520. The Morgan fingerprint density at radius 1 is 1.38 bits per heavy atom. The van der Waals surface area contributed by atoms with E-state index in [1.54, 1.807) is 12.1 Å². The number of rotatable bonds is 4. The van der Waals surface area contributed by atoms with Gasteiger partial charge in [-0.05, 0) is 52.5 Å². The Morgan fingerprint density at radius 3 is 2.57 bits per heavy atom. The zero-order valence-corrected chi connectivity index (χ0v) is 13.3. The van der Waals surface area contributed by atoms with Crippen molar-refractivity contribution in [1.82, 2.24) is 9.47 Å². The molecule has 3 nitrogen and oxygen atoms in total. The maximum atomic E-state index is 13.0. The van der Waals surface area contributed by atoms with Crippen LogP contribution in [0.15, 0.2) is 41.0 Å². The average molecular weight is 351 g/mol. The SMILES string of the molecule is Cn1cc(Br)cc1C(=O)N(Cc1ccc(F)cc1)C1CC1. The molecule has 0 N–H and O–H groups in total. The lowest BCUT2D eigenvalue weighted by Gasteiger charge is -2.22. The number of hydrogen-bond donors (Lipinski definition) is 0. The summed E-state index contributed by atoms with van der Waals surface area (Å²) in [6.07, 6.45) is 3.95. The summed E-state index contributed by atoms with van der Waals surface area (Å²) in [4.78, 5) is 14.6. The summed E-state index contributed by atoms with van der Waals surface area (Å²) >= 11 is 3.39. The molecule has 0 spiro atoms. The molecule has 1 aliphatic rings. The highest BCUT2D eigenvalue weighted by Crippen LogP contribution is 2.30. The van der Waals surface area contributed by atoms with Gasteiger partial charge in [0.1, 0.15) is 11.5 Å². The fourth-order valence-corrected chi connectivity index (χ4v) is 2.95. The minimum absolute atomic E-state index is 0.0232. The summed E-state index contributed by atoms with van der Waals surface area (Å²) in [6, 6.07) is 8.48. The van der Waals surface area contributed by atoms with Crippen LogP contribution in [0.2, 0.25) is 0 Å². The van der Waals surface area contributed by atoms with Gasteiger partial charge in [0.15, 0.2) is 0 Å². The maximum Gasteiger partial charge on any atom is 0.271 e. The van der Waals surface area contributed by atoms with E-state index in [9.17, 15) is 9.18 Å². The molecule has 21 heavy (non-hydrogen) atoms. The van der Waals surface area contributed by atoms with E-state index >= 15 is 0 Å². The number of halogens is 2. The van der Waals surface area contributed by atoms with Crippen LogP contribution in [0.25, 0.3) is 0 Å². The molecule has 1 heterocycles. The third-order valence-electron chi connectivity index (χ3n) is 3.71. The zero-order chi connectivity index (χ0) is 15.0. The normalized spacial score (nSPS) is 14.2. The smallest absolute Gasteiger partial charge is 0.271 e. The van der Waals surface area contributed by atoms with E-state index in [4.69, 9.17) is 0 Å². The molecule has 0 atom stereocenters. The lowest BCUT2D eigenvalue weighted by molar-refractivity contribution is 0.0720. The second-order valence-electron chi connectivity index (χ2n) is 5.45. The first-order chi connectivity index (χ1) is 10.0. The molecule has 0 bridgehead atoms. The molecular weight excluding hydrogens is 335 g/mol. The van der Waals surface area contributed by atoms with Crippen LogP contribution in [-0.2, 0) is 13.6 Å². The van der Waals surface area contributed by atoms with Crippen molar-refractivity contribution >= 4 is 21.8 Å². The molecule has 2 aromatic rings. The highest BCUT2D eigenvalue weighted by Gasteiger charge is 2.34. The van der Waals surface area contributed by atoms with Gasteiger partial charge in [0.25, 0.3) is 5.91 Å². The summed E-state index contributed by atoms with van der Waals surface area (Å²) in [5, 5.41) is 0. The van der Waals surface area contributed by atoms with Crippen LogP contribution in [0.3, 0.4) is 0 Å². The van der Waals surface area contributed by atoms with Crippen LogP contribution < -0.4 is 0 Å². The van der Waals surface area contributed by atoms with Gasteiger partial charge in [0.2, 0.25) is 0 Å². The molecule has 1 aromatic carbocycles. The van der Waals surface area contributed by atoms with Crippen molar-refractivity contribution in [3.8, 4) is 0 Å². The van der Waals surface area contributed by atoms with Gasteiger partial charge in [0, 0.05) is 30.3 Å². The minimum atomic E-state index is -0.255. The monoisotopic (exact) mass is 350 g/mol. The molecule has 3 rings (SSSR count). The van der Waals surface area contributed by atoms with Gasteiger partial charge in [0.05, 0.1) is 0 Å². The lowest BCUT2D eigenvalue weighted by Crippen LogP contribution is -2.33. The van der Waals surface area contributed by atoms with E-state index in [1.165, 1.54) is 12.1 Å². The van der Waals surface area contributed by atoms with Crippen molar-refractivity contribution < 1.29 is 9.18 Å².